The van der Waals surface area contributed by atoms with Crippen molar-refractivity contribution in [1.82, 2.24) is 4.90 Å². The van der Waals surface area contributed by atoms with Crippen LogP contribution in [-0.2, 0) is 9.53 Å². The van der Waals surface area contributed by atoms with Crippen molar-refractivity contribution in [1.29, 1.82) is 0 Å². The van der Waals surface area contributed by atoms with Gasteiger partial charge in [0.1, 0.15) is 6.10 Å². The van der Waals surface area contributed by atoms with Crippen molar-refractivity contribution in [3.63, 3.8) is 0 Å². The van der Waals surface area contributed by atoms with Crippen LogP contribution in [0.5, 0.6) is 0 Å². The van der Waals surface area contributed by atoms with Gasteiger partial charge in [-0.1, -0.05) is 30.7 Å². The minimum Gasteiger partial charge on any atom is -0.367 e. The quantitative estimate of drug-likeness (QED) is 0.913. The summed E-state index contributed by atoms with van der Waals surface area (Å²) in [7, 11) is 0. The third-order valence-corrected chi connectivity index (χ3v) is 3.65. The normalized spacial score (nSPS) is 22.1. The summed E-state index contributed by atoms with van der Waals surface area (Å²) < 4.78 is 5.34. The highest BCUT2D eigenvalue weighted by Gasteiger charge is 2.25. The van der Waals surface area contributed by atoms with Crippen molar-refractivity contribution in [3.8, 4) is 0 Å². The molecule has 2 rings (SSSR count). The van der Waals surface area contributed by atoms with Crippen LogP contribution in [0.2, 0.25) is 5.02 Å². The number of carbonyl (C=O) groups excluding carboxylic acids is 1. The van der Waals surface area contributed by atoms with Gasteiger partial charge in [-0.2, -0.15) is 0 Å². The van der Waals surface area contributed by atoms with Crippen LogP contribution < -0.4 is 5.73 Å². The van der Waals surface area contributed by atoms with Crippen molar-refractivity contribution in [3.05, 3.63) is 34.9 Å². The maximum absolute atomic E-state index is 11.2. The second-order valence-corrected chi connectivity index (χ2v) is 5.41. The van der Waals surface area contributed by atoms with Crippen molar-refractivity contribution >= 4 is 17.5 Å². The van der Waals surface area contributed by atoms with E-state index in [4.69, 9.17) is 22.1 Å². The monoisotopic (exact) mass is 282 g/mol. The lowest BCUT2D eigenvalue weighted by molar-refractivity contribution is -0.135. The van der Waals surface area contributed by atoms with E-state index in [0.717, 1.165) is 18.1 Å². The fourth-order valence-electron chi connectivity index (χ4n) is 2.35. The van der Waals surface area contributed by atoms with E-state index in [9.17, 15) is 4.79 Å². The zero-order valence-electron chi connectivity index (χ0n) is 11.0. The number of hydrogen-bond acceptors (Lipinski definition) is 3. The number of carbonyl (C=O) groups is 1. The summed E-state index contributed by atoms with van der Waals surface area (Å²) in [6.45, 7) is 4.97. The molecule has 4 nitrogen and oxygen atoms in total. The van der Waals surface area contributed by atoms with Crippen molar-refractivity contribution < 1.29 is 9.53 Å². The molecule has 1 aliphatic rings. The summed E-state index contributed by atoms with van der Waals surface area (Å²) in [5.41, 5.74) is 6.49. The van der Waals surface area contributed by atoms with E-state index < -0.39 is 6.10 Å². The Morgan fingerprint density at radius 1 is 1.63 bits per heavy atom. The molecule has 0 saturated carbocycles. The lowest BCUT2D eigenvalue weighted by Crippen LogP contribution is -2.49. The van der Waals surface area contributed by atoms with Crippen LogP contribution in [0.4, 0.5) is 0 Å². The molecule has 1 aliphatic heterocycles. The van der Waals surface area contributed by atoms with Crippen LogP contribution in [0.15, 0.2) is 24.3 Å². The van der Waals surface area contributed by atoms with Crippen LogP contribution in [-0.4, -0.2) is 43.2 Å². The minimum atomic E-state index is -0.486. The molecule has 0 aromatic heterocycles. The number of rotatable bonds is 4. The lowest BCUT2D eigenvalue weighted by Gasteiger charge is -2.33. The molecule has 0 aliphatic carbocycles. The van der Waals surface area contributed by atoms with Gasteiger partial charge in [0.15, 0.2) is 0 Å². The van der Waals surface area contributed by atoms with Crippen LogP contribution >= 0.6 is 11.6 Å². The smallest absolute Gasteiger partial charge is 0.247 e. The van der Waals surface area contributed by atoms with Gasteiger partial charge in [0.2, 0.25) is 5.91 Å². The third kappa shape index (κ3) is 3.93. The Bertz CT molecular complexity index is 453. The van der Waals surface area contributed by atoms with E-state index in [1.165, 1.54) is 5.56 Å². The Morgan fingerprint density at radius 3 is 3.11 bits per heavy atom. The summed E-state index contributed by atoms with van der Waals surface area (Å²) in [5, 5.41) is 0.751. The summed E-state index contributed by atoms with van der Waals surface area (Å²) in [5.74, 6) is -0.0366. The van der Waals surface area contributed by atoms with Gasteiger partial charge in [-0.15, -0.1) is 0 Å². The lowest BCUT2D eigenvalue weighted by atomic mass is 10.0. The molecule has 1 aromatic rings. The first-order valence-corrected chi connectivity index (χ1v) is 6.83. The van der Waals surface area contributed by atoms with Gasteiger partial charge in [-0.25, -0.2) is 0 Å². The van der Waals surface area contributed by atoms with Gasteiger partial charge >= 0.3 is 0 Å². The van der Waals surface area contributed by atoms with E-state index >= 15 is 0 Å². The molecule has 1 aromatic carbocycles. The molecule has 0 unspecified atom stereocenters. The molecule has 19 heavy (non-hydrogen) atoms. The van der Waals surface area contributed by atoms with Crippen molar-refractivity contribution in [2.75, 3.05) is 26.2 Å². The van der Waals surface area contributed by atoms with Crippen LogP contribution in [0, 0.1) is 0 Å². The molecule has 1 amide bonds. The van der Waals surface area contributed by atoms with Crippen molar-refractivity contribution in [2.24, 2.45) is 5.73 Å². The average Bonchev–Trinajstić information content (AvgIpc) is 2.39. The van der Waals surface area contributed by atoms with Crippen LogP contribution in [0.1, 0.15) is 18.4 Å². The highest BCUT2D eigenvalue weighted by molar-refractivity contribution is 6.30. The maximum Gasteiger partial charge on any atom is 0.247 e. The molecule has 1 heterocycles. The zero-order chi connectivity index (χ0) is 13.8. The van der Waals surface area contributed by atoms with Gasteiger partial charge < -0.3 is 10.5 Å². The second-order valence-electron chi connectivity index (χ2n) is 4.98. The second kappa shape index (κ2) is 6.37. The average molecular weight is 283 g/mol. The summed E-state index contributed by atoms with van der Waals surface area (Å²) in [4.78, 5) is 13.4. The molecule has 5 heteroatoms. The predicted molar refractivity (Wildman–Crippen MR) is 75.2 cm³/mol. The van der Waals surface area contributed by atoms with E-state index in [0.29, 0.717) is 19.1 Å². The Hall–Kier alpha value is -1.10. The standard InChI is InChI=1S/C14H19ClN2O2/c1-10(11-3-2-4-12(15)7-11)8-17-5-6-19-13(9-17)14(16)18/h2-4,7,10,13H,5-6,8-9H2,1H3,(H2,16,18)/t10-,13-/m0/s1. The number of amides is 1. The first-order valence-electron chi connectivity index (χ1n) is 6.45. The molecule has 104 valence electrons. The van der Waals surface area contributed by atoms with E-state index in [1.54, 1.807) is 0 Å². The maximum atomic E-state index is 11.2. The van der Waals surface area contributed by atoms with Gasteiger partial charge in [-0.05, 0) is 23.6 Å². The van der Waals surface area contributed by atoms with Gasteiger partial charge in [0.25, 0.3) is 0 Å². The number of primary amides is 1. The molecule has 1 fully saturated rings. The SMILES string of the molecule is C[C@@H](CN1CCO[C@H](C(N)=O)C1)c1cccc(Cl)c1. The fraction of sp³-hybridized carbons (Fsp3) is 0.500. The molecule has 0 radical (unpaired) electrons. The molecule has 2 atom stereocenters. The highest BCUT2D eigenvalue weighted by atomic mass is 35.5. The molecule has 2 N–H and O–H groups in total. The number of hydrogen-bond donors (Lipinski definition) is 1. The fourth-order valence-corrected chi connectivity index (χ4v) is 2.55. The van der Waals surface area contributed by atoms with Gasteiger partial charge in [0, 0.05) is 24.7 Å². The van der Waals surface area contributed by atoms with E-state index in [1.807, 2.05) is 18.2 Å². The minimum absolute atomic E-state index is 0.352. The Kier molecular flexibility index (Phi) is 4.80. The summed E-state index contributed by atoms with van der Waals surface area (Å²) >= 11 is 6.00. The van der Waals surface area contributed by atoms with Crippen molar-refractivity contribution in [2.45, 2.75) is 18.9 Å². The Labute approximate surface area is 118 Å². The summed E-state index contributed by atoms with van der Waals surface area (Å²) in [6, 6.07) is 7.89. The number of halogens is 1. The molecule has 0 spiro atoms. The third-order valence-electron chi connectivity index (χ3n) is 3.42. The zero-order valence-corrected chi connectivity index (χ0v) is 11.8. The number of morpholine rings is 1. The van der Waals surface area contributed by atoms with Crippen LogP contribution in [0.25, 0.3) is 0 Å². The number of nitrogens with two attached hydrogens (primary N) is 1. The number of benzene rings is 1. The molecule has 1 saturated heterocycles. The molecule has 0 bridgehead atoms. The first kappa shape index (κ1) is 14.3. The van der Waals surface area contributed by atoms with E-state index in [2.05, 4.69) is 17.9 Å². The summed E-state index contributed by atoms with van der Waals surface area (Å²) in [6.07, 6.45) is -0.486. The van der Waals surface area contributed by atoms with E-state index in [-0.39, 0.29) is 5.91 Å². The van der Waals surface area contributed by atoms with Gasteiger partial charge in [0.05, 0.1) is 6.61 Å². The topological polar surface area (TPSA) is 55.6 Å². The first-order chi connectivity index (χ1) is 9.06. The number of nitrogens with zero attached hydrogens (tertiary/aromatic N) is 1. The molecular weight excluding hydrogens is 264 g/mol. The van der Waals surface area contributed by atoms with Gasteiger partial charge in [-0.3, -0.25) is 9.69 Å². The largest absolute Gasteiger partial charge is 0.367 e. The number of ether oxygens (including phenoxy) is 1. The molecular formula is C14H19ClN2O2. The Balaban J connectivity index is 1.95. The van der Waals surface area contributed by atoms with Crippen LogP contribution in [0.3, 0.4) is 0 Å². The highest BCUT2D eigenvalue weighted by Crippen LogP contribution is 2.21. The Morgan fingerprint density at radius 2 is 2.42 bits per heavy atom. The predicted octanol–water partition coefficient (Wildman–Crippen LogP) is 1.63.